The highest BCUT2D eigenvalue weighted by Gasteiger charge is 2.18. The molecule has 0 bridgehead atoms. The quantitative estimate of drug-likeness (QED) is 0.784. The van der Waals surface area contributed by atoms with Crippen molar-refractivity contribution in [1.82, 2.24) is 15.0 Å². The van der Waals surface area contributed by atoms with Gasteiger partial charge in [0.1, 0.15) is 18.1 Å². The molecule has 2 rings (SSSR count). The smallest absolute Gasteiger partial charge is 0.360 e. The van der Waals surface area contributed by atoms with E-state index in [4.69, 9.17) is 9.15 Å². The van der Waals surface area contributed by atoms with Crippen LogP contribution in [0.4, 0.5) is 0 Å². The molecule has 0 saturated heterocycles. The largest absolute Gasteiger partial charge is 0.464 e. The van der Waals surface area contributed by atoms with E-state index >= 15 is 0 Å². The molecule has 0 amide bonds. The summed E-state index contributed by atoms with van der Waals surface area (Å²) < 4.78 is 12.3. The molecule has 0 aromatic carbocycles. The summed E-state index contributed by atoms with van der Waals surface area (Å²) in [5, 5.41) is 7.87. The number of aromatic nitrogens is 3. The molecular weight excluding hydrogens is 258 g/mol. The molecule has 0 fully saturated rings. The Hall–Kier alpha value is -2.11. The van der Waals surface area contributed by atoms with E-state index in [1.54, 1.807) is 11.6 Å². The summed E-state index contributed by atoms with van der Waals surface area (Å²) in [6, 6.07) is 3.77. The van der Waals surface area contributed by atoms with Gasteiger partial charge in [-0.3, -0.25) is 0 Å². The zero-order valence-electron chi connectivity index (χ0n) is 12.2. The van der Waals surface area contributed by atoms with Crippen molar-refractivity contribution in [2.24, 2.45) is 5.92 Å². The van der Waals surface area contributed by atoms with E-state index in [0.29, 0.717) is 24.8 Å². The van der Waals surface area contributed by atoms with Crippen molar-refractivity contribution in [2.75, 3.05) is 6.61 Å². The molecule has 0 radical (unpaired) electrons. The van der Waals surface area contributed by atoms with Crippen LogP contribution in [0.5, 0.6) is 0 Å². The SMILES string of the molecule is Cc1ccc(Cn2nnc(C(=O)OCC(C)C)c2C)o1. The van der Waals surface area contributed by atoms with E-state index in [1.165, 1.54) is 0 Å². The van der Waals surface area contributed by atoms with Crippen molar-refractivity contribution in [3.8, 4) is 0 Å². The lowest BCUT2D eigenvalue weighted by Gasteiger charge is -2.06. The summed E-state index contributed by atoms with van der Waals surface area (Å²) in [4.78, 5) is 11.9. The van der Waals surface area contributed by atoms with Crippen molar-refractivity contribution < 1.29 is 13.9 Å². The zero-order valence-corrected chi connectivity index (χ0v) is 12.2. The van der Waals surface area contributed by atoms with Crippen LogP contribution < -0.4 is 0 Å². The van der Waals surface area contributed by atoms with E-state index in [-0.39, 0.29) is 5.69 Å². The van der Waals surface area contributed by atoms with Gasteiger partial charge in [-0.1, -0.05) is 19.1 Å². The highest BCUT2D eigenvalue weighted by Crippen LogP contribution is 2.12. The van der Waals surface area contributed by atoms with Crippen LogP contribution in [0.25, 0.3) is 0 Å². The summed E-state index contributed by atoms with van der Waals surface area (Å²) >= 11 is 0. The topological polar surface area (TPSA) is 70.2 Å². The van der Waals surface area contributed by atoms with Crippen LogP contribution in [0.15, 0.2) is 16.5 Å². The Balaban J connectivity index is 2.08. The average Bonchev–Trinajstić information content (AvgIpc) is 2.95. The van der Waals surface area contributed by atoms with Crippen LogP contribution in [-0.2, 0) is 11.3 Å². The maximum atomic E-state index is 11.9. The Bertz CT molecular complexity index is 599. The molecule has 20 heavy (non-hydrogen) atoms. The first kappa shape index (κ1) is 14.3. The van der Waals surface area contributed by atoms with Gasteiger partial charge in [-0.25, -0.2) is 9.48 Å². The van der Waals surface area contributed by atoms with Gasteiger partial charge in [-0.15, -0.1) is 5.10 Å². The highest BCUT2D eigenvalue weighted by molar-refractivity contribution is 5.88. The molecule has 6 nitrogen and oxygen atoms in total. The first-order chi connectivity index (χ1) is 9.47. The Kier molecular flexibility index (Phi) is 4.22. The van der Waals surface area contributed by atoms with E-state index in [2.05, 4.69) is 10.3 Å². The molecule has 0 unspecified atom stereocenters. The number of furan rings is 1. The second-order valence-corrected chi connectivity index (χ2v) is 5.19. The fourth-order valence-corrected chi connectivity index (χ4v) is 1.73. The molecule has 2 aromatic rings. The van der Waals surface area contributed by atoms with Gasteiger partial charge >= 0.3 is 5.97 Å². The van der Waals surface area contributed by atoms with Gasteiger partial charge < -0.3 is 9.15 Å². The molecule has 0 N–H and O–H groups in total. The molecule has 6 heteroatoms. The Morgan fingerprint density at radius 3 is 2.75 bits per heavy atom. The van der Waals surface area contributed by atoms with E-state index in [9.17, 15) is 4.79 Å². The fraction of sp³-hybridized carbons (Fsp3) is 0.500. The number of carbonyl (C=O) groups is 1. The minimum atomic E-state index is -0.432. The van der Waals surface area contributed by atoms with Crippen LogP contribution in [0, 0.1) is 19.8 Å². The molecule has 2 heterocycles. The predicted molar refractivity (Wildman–Crippen MR) is 72.4 cm³/mol. The average molecular weight is 277 g/mol. The molecule has 0 aliphatic carbocycles. The maximum absolute atomic E-state index is 11.9. The van der Waals surface area contributed by atoms with E-state index < -0.39 is 5.97 Å². The van der Waals surface area contributed by atoms with Crippen molar-refractivity contribution in [2.45, 2.75) is 34.2 Å². The second-order valence-electron chi connectivity index (χ2n) is 5.19. The Morgan fingerprint density at radius 1 is 1.40 bits per heavy atom. The standard InChI is InChI=1S/C14H19N3O3/c1-9(2)8-19-14(18)13-11(4)17(16-15-13)7-12-6-5-10(3)20-12/h5-6,9H,7-8H2,1-4H3. The fourth-order valence-electron chi connectivity index (χ4n) is 1.73. The number of carbonyl (C=O) groups excluding carboxylic acids is 1. The second kappa shape index (κ2) is 5.90. The number of rotatable bonds is 5. The van der Waals surface area contributed by atoms with E-state index in [1.807, 2.05) is 32.9 Å². The van der Waals surface area contributed by atoms with Gasteiger partial charge in [-0.05, 0) is 31.9 Å². The monoisotopic (exact) mass is 277 g/mol. The van der Waals surface area contributed by atoms with Gasteiger partial charge in [-0.2, -0.15) is 0 Å². The number of nitrogens with zero attached hydrogens (tertiary/aromatic N) is 3. The molecule has 0 aliphatic rings. The predicted octanol–water partition coefficient (Wildman–Crippen LogP) is 2.35. The van der Waals surface area contributed by atoms with Crippen LogP contribution in [0.3, 0.4) is 0 Å². The van der Waals surface area contributed by atoms with Gasteiger partial charge in [0.2, 0.25) is 0 Å². The summed E-state index contributed by atoms with van der Waals surface area (Å²) in [6.07, 6.45) is 0. The van der Waals surface area contributed by atoms with Crippen molar-refractivity contribution >= 4 is 5.97 Å². The molecular formula is C14H19N3O3. The molecule has 0 aliphatic heterocycles. The minimum Gasteiger partial charge on any atom is -0.464 e. The van der Waals surface area contributed by atoms with Crippen LogP contribution in [-0.4, -0.2) is 27.6 Å². The number of aryl methyl sites for hydroxylation is 1. The summed E-state index contributed by atoms with van der Waals surface area (Å²) in [5.74, 6) is 1.48. The summed E-state index contributed by atoms with van der Waals surface area (Å²) in [7, 11) is 0. The number of ether oxygens (including phenoxy) is 1. The van der Waals surface area contributed by atoms with Crippen molar-refractivity contribution in [1.29, 1.82) is 0 Å². The van der Waals surface area contributed by atoms with Crippen LogP contribution in [0.1, 0.15) is 41.6 Å². The zero-order chi connectivity index (χ0) is 14.7. The maximum Gasteiger partial charge on any atom is 0.360 e. The molecule has 0 saturated carbocycles. The highest BCUT2D eigenvalue weighted by atomic mass is 16.5. The normalized spacial score (nSPS) is 11.1. The van der Waals surface area contributed by atoms with Crippen molar-refractivity contribution in [3.05, 3.63) is 35.0 Å². The molecule has 2 aromatic heterocycles. The third kappa shape index (κ3) is 3.26. The minimum absolute atomic E-state index is 0.258. The Morgan fingerprint density at radius 2 is 2.15 bits per heavy atom. The molecule has 0 spiro atoms. The van der Waals surface area contributed by atoms with Crippen molar-refractivity contribution in [3.63, 3.8) is 0 Å². The number of esters is 1. The van der Waals surface area contributed by atoms with Gasteiger partial charge in [0.15, 0.2) is 5.69 Å². The molecule has 0 atom stereocenters. The lowest BCUT2D eigenvalue weighted by molar-refractivity contribution is 0.0451. The lowest BCUT2D eigenvalue weighted by atomic mass is 10.2. The summed E-state index contributed by atoms with van der Waals surface area (Å²) in [5.41, 5.74) is 0.932. The first-order valence-corrected chi connectivity index (χ1v) is 6.60. The number of hydrogen-bond acceptors (Lipinski definition) is 5. The number of hydrogen-bond donors (Lipinski definition) is 0. The summed E-state index contributed by atoms with van der Waals surface area (Å²) in [6.45, 7) is 8.47. The third-order valence-electron chi connectivity index (χ3n) is 2.83. The first-order valence-electron chi connectivity index (χ1n) is 6.60. The van der Waals surface area contributed by atoms with Gasteiger partial charge in [0.25, 0.3) is 0 Å². The Labute approximate surface area is 117 Å². The van der Waals surface area contributed by atoms with Gasteiger partial charge in [0, 0.05) is 0 Å². The van der Waals surface area contributed by atoms with Crippen LogP contribution in [0.2, 0.25) is 0 Å². The third-order valence-corrected chi connectivity index (χ3v) is 2.83. The van der Waals surface area contributed by atoms with Crippen LogP contribution >= 0.6 is 0 Å². The molecule has 108 valence electrons. The van der Waals surface area contributed by atoms with Gasteiger partial charge in [0.05, 0.1) is 12.3 Å². The lowest BCUT2D eigenvalue weighted by Crippen LogP contribution is -2.12. The van der Waals surface area contributed by atoms with E-state index in [0.717, 1.165) is 11.5 Å².